The van der Waals surface area contributed by atoms with Crippen LogP contribution in [0.25, 0.3) is 0 Å². The molecule has 0 spiro atoms. The highest BCUT2D eigenvalue weighted by Gasteiger charge is 2.17. The monoisotopic (exact) mass is 234 g/mol. The lowest BCUT2D eigenvalue weighted by Gasteiger charge is -2.14. The van der Waals surface area contributed by atoms with Crippen LogP contribution in [-0.4, -0.2) is 19.3 Å². The molecule has 0 aliphatic heterocycles. The van der Waals surface area contributed by atoms with Crippen molar-refractivity contribution in [1.29, 1.82) is 0 Å². The second kappa shape index (κ2) is 4.93. The van der Waals surface area contributed by atoms with E-state index in [0.717, 1.165) is 0 Å². The van der Waals surface area contributed by atoms with E-state index in [1.807, 2.05) is 0 Å². The average molecular weight is 234 g/mol. The van der Waals surface area contributed by atoms with Crippen LogP contribution in [0.5, 0.6) is 11.5 Å². The van der Waals surface area contributed by atoms with Crippen molar-refractivity contribution >= 4 is 0 Å². The van der Waals surface area contributed by atoms with Crippen molar-refractivity contribution < 1.29 is 19.0 Å². The Kier molecular flexibility index (Phi) is 3.35. The highest BCUT2D eigenvalue weighted by atomic mass is 16.5. The molecule has 1 unspecified atom stereocenters. The van der Waals surface area contributed by atoms with Gasteiger partial charge in [0.1, 0.15) is 17.6 Å². The molecule has 0 bridgehead atoms. The van der Waals surface area contributed by atoms with Gasteiger partial charge in [0.2, 0.25) is 0 Å². The Hall–Kier alpha value is -1.94. The van der Waals surface area contributed by atoms with Crippen molar-refractivity contribution in [2.75, 3.05) is 14.2 Å². The molecule has 17 heavy (non-hydrogen) atoms. The highest BCUT2D eigenvalue weighted by Crippen LogP contribution is 2.33. The van der Waals surface area contributed by atoms with E-state index in [1.165, 1.54) is 12.5 Å². The van der Waals surface area contributed by atoms with Gasteiger partial charge in [0, 0.05) is 11.1 Å². The van der Waals surface area contributed by atoms with Crippen molar-refractivity contribution in [3.05, 3.63) is 47.9 Å². The molecule has 2 aromatic rings. The van der Waals surface area contributed by atoms with E-state index < -0.39 is 6.10 Å². The third-order valence-corrected chi connectivity index (χ3v) is 2.59. The zero-order valence-electron chi connectivity index (χ0n) is 9.71. The summed E-state index contributed by atoms with van der Waals surface area (Å²) < 4.78 is 15.3. The maximum Gasteiger partial charge on any atom is 0.125 e. The summed E-state index contributed by atoms with van der Waals surface area (Å²) in [7, 11) is 3.14. The van der Waals surface area contributed by atoms with Gasteiger partial charge in [-0.2, -0.15) is 0 Å². The molecule has 0 radical (unpaired) electrons. The largest absolute Gasteiger partial charge is 0.497 e. The van der Waals surface area contributed by atoms with E-state index in [0.29, 0.717) is 22.6 Å². The van der Waals surface area contributed by atoms with Gasteiger partial charge in [-0.25, -0.2) is 0 Å². The average Bonchev–Trinajstić information content (AvgIpc) is 2.91. The number of rotatable bonds is 4. The van der Waals surface area contributed by atoms with Gasteiger partial charge < -0.3 is 19.0 Å². The number of ether oxygens (including phenoxy) is 2. The smallest absolute Gasteiger partial charge is 0.125 e. The summed E-state index contributed by atoms with van der Waals surface area (Å²) in [5.41, 5.74) is 1.32. The van der Waals surface area contributed by atoms with Gasteiger partial charge in [-0.05, 0) is 24.3 Å². The van der Waals surface area contributed by atoms with Crippen LogP contribution in [0.15, 0.2) is 41.2 Å². The Bertz CT molecular complexity index is 476. The number of furan rings is 1. The van der Waals surface area contributed by atoms with Gasteiger partial charge in [-0.15, -0.1) is 0 Å². The number of aliphatic hydroxyl groups is 1. The Labute approximate surface area is 99.4 Å². The third kappa shape index (κ3) is 2.26. The first-order chi connectivity index (χ1) is 8.26. The zero-order valence-corrected chi connectivity index (χ0v) is 9.71. The standard InChI is InChI=1S/C13H14O4/c1-15-10-3-4-12(16-2)11(7-10)13(14)9-5-6-17-8-9/h3-8,13-14H,1-2H3. The van der Waals surface area contributed by atoms with E-state index >= 15 is 0 Å². The minimum Gasteiger partial charge on any atom is -0.497 e. The maximum absolute atomic E-state index is 10.2. The maximum atomic E-state index is 10.2. The van der Waals surface area contributed by atoms with Crippen molar-refractivity contribution in [2.45, 2.75) is 6.10 Å². The lowest BCUT2D eigenvalue weighted by atomic mass is 10.0. The summed E-state index contributed by atoms with van der Waals surface area (Å²) in [6.45, 7) is 0. The minimum absolute atomic E-state index is 0.611. The minimum atomic E-state index is -0.793. The van der Waals surface area contributed by atoms with E-state index in [4.69, 9.17) is 13.9 Å². The van der Waals surface area contributed by atoms with Gasteiger partial charge in [0.25, 0.3) is 0 Å². The normalized spacial score (nSPS) is 12.2. The SMILES string of the molecule is COc1ccc(OC)c(C(O)c2ccoc2)c1. The summed E-state index contributed by atoms with van der Waals surface area (Å²) in [5.74, 6) is 1.28. The van der Waals surface area contributed by atoms with E-state index in [1.54, 1.807) is 38.5 Å². The van der Waals surface area contributed by atoms with Crippen LogP contribution in [-0.2, 0) is 0 Å². The summed E-state index contributed by atoms with van der Waals surface area (Å²) in [4.78, 5) is 0. The van der Waals surface area contributed by atoms with Crippen LogP contribution in [0.4, 0.5) is 0 Å². The number of methoxy groups -OCH3 is 2. The molecule has 0 aliphatic rings. The number of hydrogen-bond donors (Lipinski definition) is 1. The Balaban J connectivity index is 2.41. The summed E-state index contributed by atoms with van der Waals surface area (Å²) in [6, 6.07) is 7.00. The Morgan fingerprint density at radius 3 is 2.59 bits per heavy atom. The molecule has 2 rings (SSSR count). The van der Waals surface area contributed by atoms with Crippen LogP contribution in [0.1, 0.15) is 17.2 Å². The number of benzene rings is 1. The first-order valence-corrected chi connectivity index (χ1v) is 5.18. The lowest BCUT2D eigenvalue weighted by molar-refractivity contribution is 0.213. The van der Waals surface area contributed by atoms with Crippen molar-refractivity contribution in [2.24, 2.45) is 0 Å². The molecule has 0 amide bonds. The molecule has 4 heteroatoms. The summed E-state index contributed by atoms with van der Waals surface area (Å²) in [5, 5.41) is 10.2. The van der Waals surface area contributed by atoms with Crippen LogP contribution < -0.4 is 9.47 Å². The quantitative estimate of drug-likeness (QED) is 0.882. The van der Waals surface area contributed by atoms with Crippen molar-refractivity contribution in [1.82, 2.24) is 0 Å². The predicted octanol–water partition coefficient (Wildman–Crippen LogP) is 2.38. The van der Waals surface area contributed by atoms with Crippen molar-refractivity contribution in [3.63, 3.8) is 0 Å². The van der Waals surface area contributed by atoms with Gasteiger partial charge >= 0.3 is 0 Å². The van der Waals surface area contributed by atoms with Gasteiger partial charge in [-0.3, -0.25) is 0 Å². The lowest BCUT2D eigenvalue weighted by Crippen LogP contribution is -2.01. The third-order valence-electron chi connectivity index (χ3n) is 2.59. The van der Waals surface area contributed by atoms with E-state index in [9.17, 15) is 5.11 Å². The molecule has 1 heterocycles. The summed E-state index contributed by atoms with van der Waals surface area (Å²) >= 11 is 0. The molecular weight excluding hydrogens is 220 g/mol. The molecule has 1 N–H and O–H groups in total. The van der Waals surface area contributed by atoms with Crippen LogP contribution >= 0.6 is 0 Å². The topological polar surface area (TPSA) is 51.8 Å². The van der Waals surface area contributed by atoms with Gasteiger partial charge in [0.05, 0.1) is 26.7 Å². The van der Waals surface area contributed by atoms with Gasteiger partial charge in [-0.1, -0.05) is 0 Å². The molecular formula is C13H14O4. The van der Waals surface area contributed by atoms with Crippen molar-refractivity contribution in [3.8, 4) is 11.5 Å². The molecule has 0 saturated carbocycles. The number of hydrogen-bond acceptors (Lipinski definition) is 4. The molecule has 90 valence electrons. The van der Waals surface area contributed by atoms with E-state index in [-0.39, 0.29) is 0 Å². The van der Waals surface area contributed by atoms with Crippen LogP contribution in [0.3, 0.4) is 0 Å². The summed E-state index contributed by atoms with van der Waals surface area (Å²) in [6.07, 6.45) is 2.23. The van der Waals surface area contributed by atoms with Crippen LogP contribution in [0, 0.1) is 0 Å². The molecule has 1 atom stereocenters. The first kappa shape index (κ1) is 11.5. The zero-order chi connectivity index (χ0) is 12.3. The molecule has 1 aromatic carbocycles. The van der Waals surface area contributed by atoms with Crippen LogP contribution in [0.2, 0.25) is 0 Å². The first-order valence-electron chi connectivity index (χ1n) is 5.18. The highest BCUT2D eigenvalue weighted by molar-refractivity contribution is 5.44. The Morgan fingerprint density at radius 2 is 2.00 bits per heavy atom. The molecule has 0 saturated heterocycles. The second-order valence-corrected chi connectivity index (χ2v) is 3.57. The van der Waals surface area contributed by atoms with Gasteiger partial charge in [0.15, 0.2) is 0 Å². The number of aliphatic hydroxyl groups excluding tert-OH is 1. The fourth-order valence-electron chi connectivity index (χ4n) is 1.66. The van der Waals surface area contributed by atoms with E-state index in [2.05, 4.69) is 0 Å². The molecule has 1 aromatic heterocycles. The molecule has 4 nitrogen and oxygen atoms in total. The molecule has 0 aliphatic carbocycles. The second-order valence-electron chi connectivity index (χ2n) is 3.57. The fourth-order valence-corrected chi connectivity index (χ4v) is 1.66. The molecule has 0 fully saturated rings. The fraction of sp³-hybridized carbons (Fsp3) is 0.231. The Morgan fingerprint density at radius 1 is 1.18 bits per heavy atom. The predicted molar refractivity (Wildman–Crippen MR) is 62.3 cm³/mol.